The molecule has 0 aliphatic carbocycles. The Labute approximate surface area is 166 Å². The molecule has 0 saturated carbocycles. The first-order valence-corrected chi connectivity index (χ1v) is 10.4. The Hall–Kier alpha value is -1.30. The molecular weight excluding hydrogens is 344 g/mol. The number of rotatable bonds is 13. The van der Waals surface area contributed by atoms with Gasteiger partial charge >= 0.3 is 6.09 Å². The summed E-state index contributed by atoms with van der Waals surface area (Å²) in [5.41, 5.74) is -0.415. The average Bonchev–Trinajstić information content (AvgIpc) is 2.54. The lowest BCUT2D eigenvalue weighted by Crippen LogP contribution is -2.35. The lowest BCUT2D eigenvalue weighted by molar-refractivity contribution is -0.128. The largest absolute Gasteiger partial charge is 0.450 e. The molecule has 0 aromatic heterocycles. The number of unbranched alkanes of at least 4 members (excludes halogenated alkanes) is 5. The van der Waals surface area contributed by atoms with E-state index in [4.69, 9.17) is 9.47 Å². The Kier molecular flexibility index (Phi) is 13.1. The minimum Gasteiger partial charge on any atom is -0.450 e. The fraction of sp³-hybridized carbons (Fsp3) is 0.905. The summed E-state index contributed by atoms with van der Waals surface area (Å²) in [6.07, 6.45) is 6.46. The predicted octanol–water partition coefficient (Wildman–Crippen LogP) is 4.42. The Bertz CT molecular complexity index is 411. The highest BCUT2D eigenvalue weighted by Gasteiger charge is 2.20. The Morgan fingerprint density at radius 2 is 1.22 bits per heavy atom. The first-order valence-electron chi connectivity index (χ1n) is 10.4. The van der Waals surface area contributed by atoms with Gasteiger partial charge in [-0.3, -0.25) is 4.79 Å². The van der Waals surface area contributed by atoms with Gasteiger partial charge in [-0.1, -0.05) is 33.6 Å². The molecule has 0 aromatic carbocycles. The summed E-state index contributed by atoms with van der Waals surface area (Å²) >= 11 is 0. The second-order valence-corrected chi connectivity index (χ2v) is 9.00. The fourth-order valence-electron chi connectivity index (χ4n) is 2.24. The summed E-state index contributed by atoms with van der Waals surface area (Å²) in [6.45, 7) is 14.4. The van der Waals surface area contributed by atoms with Crippen LogP contribution in [0.25, 0.3) is 0 Å². The van der Waals surface area contributed by atoms with Gasteiger partial charge in [0, 0.05) is 25.1 Å². The number of hydrogen-bond acceptors (Lipinski definition) is 4. The van der Waals surface area contributed by atoms with Crippen LogP contribution in [0.3, 0.4) is 0 Å². The molecule has 6 nitrogen and oxygen atoms in total. The third-order valence-corrected chi connectivity index (χ3v) is 3.90. The number of hydrogen-bond donors (Lipinski definition) is 2. The highest BCUT2D eigenvalue weighted by molar-refractivity contribution is 5.81. The van der Waals surface area contributed by atoms with Crippen LogP contribution in [-0.4, -0.2) is 43.9 Å². The van der Waals surface area contributed by atoms with Crippen LogP contribution in [-0.2, 0) is 14.3 Å². The van der Waals surface area contributed by atoms with E-state index in [0.717, 1.165) is 51.6 Å². The third kappa shape index (κ3) is 17.9. The number of carbonyl (C=O) groups is 2. The van der Waals surface area contributed by atoms with Crippen molar-refractivity contribution in [3.05, 3.63) is 0 Å². The van der Waals surface area contributed by atoms with E-state index in [-0.39, 0.29) is 23.0 Å². The van der Waals surface area contributed by atoms with E-state index in [2.05, 4.69) is 10.6 Å². The molecule has 0 atom stereocenters. The molecule has 0 spiro atoms. The second kappa shape index (κ2) is 13.8. The molecule has 0 radical (unpaired) electrons. The zero-order chi connectivity index (χ0) is 20.8. The Morgan fingerprint density at radius 1 is 0.704 bits per heavy atom. The lowest BCUT2D eigenvalue weighted by atomic mass is 9.96. The monoisotopic (exact) mass is 386 g/mol. The van der Waals surface area contributed by atoms with E-state index in [1.165, 1.54) is 0 Å². The molecule has 0 unspecified atom stereocenters. The van der Waals surface area contributed by atoms with Crippen LogP contribution in [0.1, 0.15) is 86.5 Å². The molecule has 0 heterocycles. The molecule has 0 aliphatic heterocycles. The summed E-state index contributed by atoms with van der Waals surface area (Å²) in [4.78, 5) is 23.3. The van der Waals surface area contributed by atoms with Gasteiger partial charge in [0.05, 0.1) is 12.2 Å². The van der Waals surface area contributed by atoms with Crippen molar-refractivity contribution in [1.29, 1.82) is 0 Å². The first-order chi connectivity index (χ1) is 12.5. The van der Waals surface area contributed by atoms with Gasteiger partial charge in [0.25, 0.3) is 0 Å². The predicted molar refractivity (Wildman–Crippen MR) is 110 cm³/mol. The third-order valence-electron chi connectivity index (χ3n) is 3.90. The Balaban J connectivity index is 3.36. The van der Waals surface area contributed by atoms with Crippen LogP contribution in [0, 0.1) is 5.41 Å². The zero-order valence-corrected chi connectivity index (χ0v) is 18.4. The smallest absolute Gasteiger partial charge is 0.407 e. The van der Waals surface area contributed by atoms with Crippen molar-refractivity contribution in [1.82, 2.24) is 10.6 Å². The average molecular weight is 387 g/mol. The molecule has 0 rings (SSSR count). The van der Waals surface area contributed by atoms with Gasteiger partial charge in [-0.15, -0.1) is 0 Å². The van der Waals surface area contributed by atoms with Crippen LogP contribution in [0.2, 0.25) is 0 Å². The maximum atomic E-state index is 11.7. The van der Waals surface area contributed by atoms with E-state index >= 15 is 0 Å². The molecule has 2 N–H and O–H groups in total. The Morgan fingerprint density at radius 3 is 1.78 bits per heavy atom. The van der Waals surface area contributed by atoms with Gasteiger partial charge in [0.15, 0.2) is 0 Å². The van der Waals surface area contributed by atoms with Crippen molar-refractivity contribution >= 4 is 12.0 Å². The maximum Gasteiger partial charge on any atom is 0.407 e. The van der Waals surface area contributed by atoms with E-state index in [9.17, 15) is 9.59 Å². The van der Waals surface area contributed by atoms with Crippen molar-refractivity contribution in [3.63, 3.8) is 0 Å². The maximum absolute atomic E-state index is 11.7. The van der Waals surface area contributed by atoms with Crippen LogP contribution in [0.4, 0.5) is 4.79 Å². The van der Waals surface area contributed by atoms with Crippen LogP contribution < -0.4 is 10.6 Å². The molecule has 0 aliphatic rings. The minimum absolute atomic E-state index is 0.0866. The topological polar surface area (TPSA) is 76.7 Å². The van der Waals surface area contributed by atoms with Gasteiger partial charge in [-0.2, -0.15) is 0 Å². The van der Waals surface area contributed by atoms with Crippen LogP contribution in [0.15, 0.2) is 0 Å². The molecule has 0 saturated heterocycles. The van der Waals surface area contributed by atoms with E-state index < -0.39 is 0 Å². The quantitative estimate of drug-likeness (QED) is 0.459. The minimum atomic E-state index is -0.335. The first kappa shape index (κ1) is 25.7. The van der Waals surface area contributed by atoms with Crippen molar-refractivity contribution in [2.24, 2.45) is 5.41 Å². The number of alkyl carbamates (subject to hydrolysis) is 1. The summed E-state index contributed by atoms with van der Waals surface area (Å²) < 4.78 is 10.8. The number of amides is 2. The second-order valence-electron chi connectivity index (χ2n) is 9.00. The number of carbonyl (C=O) groups excluding carboxylic acids is 2. The fourth-order valence-corrected chi connectivity index (χ4v) is 2.24. The lowest BCUT2D eigenvalue weighted by Gasteiger charge is -2.19. The van der Waals surface area contributed by atoms with Crippen molar-refractivity contribution in [2.45, 2.75) is 92.1 Å². The van der Waals surface area contributed by atoms with Crippen molar-refractivity contribution < 1.29 is 19.1 Å². The van der Waals surface area contributed by atoms with E-state index in [1.807, 2.05) is 41.5 Å². The molecular formula is C21H42N2O4. The highest BCUT2D eigenvalue weighted by Crippen LogP contribution is 2.12. The molecule has 0 aromatic rings. The van der Waals surface area contributed by atoms with Crippen LogP contribution >= 0.6 is 0 Å². The molecule has 0 bridgehead atoms. The standard InChI is InChI=1S/C21H42N2O4/c1-20(2,3)18(24)22-14-10-7-8-11-15-23-19(25)26-16-12-9-13-17-27-21(4,5)6/h7-17H2,1-6H3,(H,22,24)(H,23,25). The van der Waals surface area contributed by atoms with Crippen molar-refractivity contribution in [2.75, 3.05) is 26.3 Å². The molecule has 0 fully saturated rings. The molecule has 160 valence electrons. The number of nitrogens with one attached hydrogen (secondary N) is 2. The van der Waals surface area contributed by atoms with Crippen LogP contribution in [0.5, 0.6) is 0 Å². The normalized spacial score (nSPS) is 11.9. The van der Waals surface area contributed by atoms with E-state index in [1.54, 1.807) is 0 Å². The van der Waals surface area contributed by atoms with Gasteiger partial charge < -0.3 is 20.1 Å². The van der Waals surface area contributed by atoms with Gasteiger partial charge in [-0.05, 0) is 52.9 Å². The zero-order valence-electron chi connectivity index (χ0n) is 18.4. The molecule has 2 amide bonds. The van der Waals surface area contributed by atoms with Crippen molar-refractivity contribution in [3.8, 4) is 0 Å². The SMILES string of the molecule is CC(C)(C)OCCCCCOC(=O)NCCCCCCNC(=O)C(C)(C)C. The summed E-state index contributed by atoms with van der Waals surface area (Å²) in [6, 6.07) is 0. The summed E-state index contributed by atoms with van der Waals surface area (Å²) in [5.74, 6) is 0.0913. The van der Waals surface area contributed by atoms with Gasteiger partial charge in [0.2, 0.25) is 5.91 Å². The van der Waals surface area contributed by atoms with Gasteiger partial charge in [-0.25, -0.2) is 4.79 Å². The number of ether oxygens (including phenoxy) is 2. The highest BCUT2D eigenvalue weighted by atomic mass is 16.5. The molecule has 6 heteroatoms. The summed E-state index contributed by atoms with van der Waals surface area (Å²) in [5, 5.41) is 5.72. The summed E-state index contributed by atoms with van der Waals surface area (Å²) in [7, 11) is 0. The molecule has 27 heavy (non-hydrogen) atoms. The van der Waals surface area contributed by atoms with E-state index in [0.29, 0.717) is 19.7 Å². The van der Waals surface area contributed by atoms with Gasteiger partial charge in [0.1, 0.15) is 0 Å².